The molecule has 27 heavy (non-hydrogen) atoms. The summed E-state index contributed by atoms with van der Waals surface area (Å²) in [6.07, 6.45) is 1.81. The molecular weight excluding hydrogens is 492 g/mol. The molecule has 1 aliphatic heterocycles. The summed E-state index contributed by atoms with van der Waals surface area (Å²) < 4.78 is 1.13. The molecule has 1 aliphatic rings. The van der Waals surface area contributed by atoms with Gasteiger partial charge in [0.2, 0.25) is 0 Å². The smallest absolute Gasteiger partial charge is 0.266 e. The number of halogens is 2. The Balaban J connectivity index is 1.99. The van der Waals surface area contributed by atoms with E-state index < -0.39 is 0 Å². The minimum absolute atomic E-state index is 0.00149. The first-order valence-electron chi connectivity index (χ1n) is 8.32. The quantitative estimate of drug-likeness (QED) is 0.498. The van der Waals surface area contributed by atoms with E-state index in [1.807, 2.05) is 51.1 Å². The summed E-state index contributed by atoms with van der Waals surface area (Å²) >= 11 is 8.01. The average Bonchev–Trinajstić information content (AvgIpc) is 2.90. The van der Waals surface area contributed by atoms with Gasteiger partial charge in [-0.2, -0.15) is 0 Å². The summed E-state index contributed by atoms with van der Waals surface area (Å²) in [7, 11) is 0. The number of amidine groups is 1. The number of phenolic OH excluding ortho intramolecular Hbond substituents is 1. The molecule has 0 unspecified atom stereocenters. The van der Waals surface area contributed by atoms with Crippen LogP contribution in [0.5, 0.6) is 5.75 Å². The normalized spacial score (nSPS) is 17.6. The second-order valence-corrected chi connectivity index (χ2v) is 9.16. The molecule has 0 aromatic heterocycles. The number of carbonyl (C=O) groups excluding carboxylic acids is 1. The maximum Gasteiger partial charge on any atom is 0.266 e. The van der Waals surface area contributed by atoms with Gasteiger partial charge in [-0.25, -0.2) is 4.99 Å². The van der Waals surface area contributed by atoms with E-state index >= 15 is 0 Å². The second-order valence-electron chi connectivity index (χ2n) is 6.44. The first kappa shape index (κ1) is 20.2. The zero-order chi connectivity index (χ0) is 19.7. The lowest BCUT2D eigenvalue weighted by atomic mass is 10.2. The highest BCUT2D eigenvalue weighted by molar-refractivity contribution is 9.11. The largest absolute Gasteiger partial charge is 0.506 e. The Morgan fingerprint density at radius 3 is 2.30 bits per heavy atom. The minimum atomic E-state index is -0.0684. The number of rotatable bonds is 3. The first-order chi connectivity index (χ1) is 12.8. The standard InChI is InChI=1S/C20H18Br2N2O2S/c1-11(2)24-19(26)17(10-13-8-15(21)18(25)16(22)9-13)27-20(24)23-14-6-4-12(3)5-7-14/h4-11,25H,1-3H3/b17-10+,23-20?. The van der Waals surface area contributed by atoms with E-state index in [4.69, 9.17) is 0 Å². The topological polar surface area (TPSA) is 52.9 Å². The van der Waals surface area contributed by atoms with Crippen LogP contribution in [-0.2, 0) is 4.79 Å². The molecule has 1 amide bonds. The van der Waals surface area contributed by atoms with Crippen LogP contribution < -0.4 is 0 Å². The van der Waals surface area contributed by atoms with Crippen molar-refractivity contribution in [3.05, 3.63) is 61.4 Å². The summed E-state index contributed by atoms with van der Waals surface area (Å²) in [5.41, 5.74) is 2.79. The number of amides is 1. The van der Waals surface area contributed by atoms with Crippen LogP contribution in [0.2, 0.25) is 0 Å². The Hall–Kier alpha value is -1.57. The van der Waals surface area contributed by atoms with Gasteiger partial charge in [0.15, 0.2) is 5.17 Å². The van der Waals surface area contributed by atoms with E-state index in [9.17, 15) is 9.90 Å². The fourth-order valence-corrected chi connectivity index (χ4v) is 4.91. The molecule has 1 heterocycles. The van der Waals surface area contributed by atoms with Gasteiger partial charge in [-0.1, -0.05) is 17.7 Å². The monoisotopic (exact) mass is 508 g/mol. The van der Waals surface area contributed by atoms with Crippen molar-refractivity contribution < 1.29 is 9.90 Å². The molecule has 4 nitrogen and oxygen atoms in total. The van der Waals surface area contributed by atoms with Gasteiger partial charge in [0.05, 0.1) is 19.5 Å². The first-order valence-corrected chi connectivity index (χ1v) is 10.7. The number of aliphatic imine (C=N–C) groups is 1. The van der Waals surface area contributed by atoms with Gasteiger partial charge in [-0.3, -0.25) is 9.69 Å². The molecule has 140 valence electrons. The predicted octanol–water partition coefficient (Wildman–Crippen LogP) is 6.24. The van der Waals surface area contributed by atoms with Crippen molar-refractivity contribution in [3.8, 4) is 5.75 Å². The molecule has 1 N–H and O–H groups in total. The SMILES string of the molecule is Cc1ccc(N=C2S/C(=C/c3cc(Br)c(O)c(Br)c3)C(=O)N2C(C)C)cc1. The fourth-order valence-electron chi connectivity index (χ4n) is 2.57. The van der Waals surface area contributed by atoms with Gasteiger partial charge in [0, 0.05) is 6.04 Å². The molecule has 0 radical (unpaired) electrons. The molecular formula is C20H18Br2N2O2S. The Labute approximate surface area is 179 Å². The third-order valence-corrected chi connectivity index (χ3v) is 6.14. The maximum absolute atomic E-state index is 12.9. The predicted molar refractivity (Wildman–Crippen MR) is 119 cm³/mol. The molecule has 7 heteroatoms. The third-order valence-electron chi connectivity index (χ3n) is 3.95. The Kier molecular flexibility index (Phi) is 6.13. The van der Waals surface area contributed by atoms with E-state index in [0.717, 1.165) is 11.3 Å². The van der Waals surface area contributed by atoms with E-state index in [-0.39, 0.29) is 17.7 Å². The van der Waals surface area contributed by atoms with Crippen LogP contribution in [0.25, 0.3) is 6.08 Å². The van der Waals surface area contributed by atoms with E-state index in [1.165, 1.54) is 17.3 Å². The van der Waals surface area contributed by atoms with E-state index in [2.05, 4.69) is 36.9 Å². The van der Waals surface area contributed by atoms with Crippen LogP contribution in [0.1, 0.15) is 25.0 Å². The van der Waals surface area contributed by atoms with Crippen molar-refractivity contribution in [2.75, 3.05) is 0 Å². The Bertz CT molecular complexity index is 930. The summed E-state index contributed by atoms with van der Waals surface area (Å²) in [6.45, 7) is 5.97. The zero-order valence-electron chi connectivity index (χ0n) is 15.0. The number of carbonyl (C=O) groups is 1. The average molecular weight is 510 g/mol. The second kappa shape index (κ2) is 8.20. The number of nitrogens with zero attached hydrogens (tertiary/aromatic N) is 2. The third kappa shape index (κ3) is 4.47. The number of hydrogen-bond acceptors (Lipinski definition) is 4. The van der Waals surface area contributed by atoms with Gasteiger partial charge in [0.25, 0.3) is 5.91 Å². The summed E-state index contributed by atoms with van der Waals surface area (Å²) in [4.78, 5) is 19.9. The molecule has 2 aromatic rings. The number of aromatic hydroxyl groups is 1. The molecule has 0 atom stereocenters. The molecule has 1 fully saturated rings. The van der Waals surface area contributed by atoms with Crippen molar-refractivity contribution in [1.29, 1.82) is 0 Å². The van der Waals surface area contributed by atoms with E-state index in [1.54, 1.807) is 17.0 Å². The minimum Gasteiger partial charge on any atom is -0.506 e. The van der Waals surface area contributed by atoms with Crippen LogP contribution in [-0.4, -0.2) is 27.1 Å². The van der Waals surface area contributed by atoms with Crippen LogP contribution in [0.3, 0.4) is 0 Å². The van der Waals surface area contributed by atoms with Crippen molar-refractivity contribution >= 4 is 66.5 Å². The number of thioether (sulfide) groups is 1. The van der Waals surface area contributed by atoms with Gasteiger partial charge in [-0.15, -0.1) is 0 Å². The molecule has 0 spiro atoms. The maximum atomic E-state index is 12.9. The van der Waals surface area contributed by atoms with Crippen molar-refractivity contribution in [3.63, 3.8) is 0 Å². The molecule has 0 aliphatic carbocycles. The van der Waals surface area contributed by atoms with E-state index in [0.29, 0.717) is 19.0 Å². The van der Waals surface area contributed by atoms with Gasteiger partial charge >= 0.3 is 0 Å². The molecule has 1 saturated heterocycles. The molecule has 0 saturated carbocycles. The van der Waals surface area contributed by atoms with Crippen LogP contribution in [0.4, 0.5) is 5.69 Å². The lowest BCUT2D eigenvalue weighted by Crippen LogP contribution is -2.35. The summed E-state index contributed by atoms with van der Waals surface area (Å²) in [5.74, 6) is 0.0640. The number of benzene rings is 2. The zero-order valence-corrected chi connectivity index (χ0v) is 19.0. The number of phenols is 1. The Morgan fingerprint density at radius 2 is 1.74 bits per heavy atom. The Morgan fingerprint density at radius 1 is 1.15 bits per heavy atom. The fraction of sp³-hybridized carbons (Fsp3) is 0.200. The highest BCUT2D eigenvalue weighted by Crippen LogP contribution is 2.38. The molecule has 2 aromatic carbocycles. The van der Waals surface area contributed by atoms with Crippen molar-refractivity contribution in [2.24, 2.45) is 4.99 Å². The lowest BCUT2D eigenvalue weighted by molar-refractivity contribution is -0.123. The van der Waals surface area contributed by atoms with Crippen molar-refractivity contribution in [2.45, 2.75) is 26.8 Å². The van der Waals surface area contributed by atoms with Crippen LogP contribution >= 0.6 is 43.6 Å². The summed E-state index contributed by atoms with van der Waals surface area (Å²) in [6, 6.07) is 11.4. The highest BCUT2D eigenvalue weighted by Gasteiger charge is 2.35. The van der Waals surface area contributed by atoms with Crippen LogP contribution in [0, 0.1) is 6.92 Å². The van der Waals surface area contributed by atoms with Gasteiger partial charge in [0.1, 0.15) is 5.75 Å². The van der Waals surface area contributed by atoms with Crippen LogP contribution in [0.15, 0.2) is 55.2 Å². The number of hydrogen-bond donors (Lipinski definition) is 1. The number of aryl methyl sites for hydroxylation is 1. The molecule has 3 rings (SSSR count). The summed E-state index contributed by atoms with van der Waals surface area (Å²) in [5, 5.41) is 10.5. The van der Waals surface area contributed by atoms with Gasteiger partial charge in [-0.05, 0) is 100 Å². The lowest BCUT2D eigenvalue weighted by Gasteiger charge is -2.19. The highest BCUT2D eigenvalue weighted by atomic mass is 79.9. The van der Waals surface area contributed by atoms with Crippen molar-refractivity contribution in [1.82, 2.24) is 4.90 Å². The molecule has 0 bridgehead atoms. The van der Waals surface area contributed by atoms with Gasteiger partial charge < -0.3 is 5.11 Å².